The summed E-state index contributed by atoms with van der Waals surface area (Å²) in [6, 6.07) is 12.5. The summed E-state index contributed by atoms with van der Waals surface area (Å²) in [6.07, 6.45) is 0. The number of hydrogen-bond acceptors (Lipinski definition) is 0. The van der Waals surface area contributed by atoms with Crippen molar-refractivity contribution in [1.29, 1.82) is 0 Å². The SMILES string of the molecule is [Sm].[c-]1ccccc1. The van der Waals surface area contributed by atoms with E-state index in [-0.39, 0.29) is 40.4 Å². The number of hydrogen-bond donors (Lipinski definition) is 0. The van der Waals surface area contributed by atoms with Crippen LogP contribution in [0.5, 0.6) is 0 Å². The fourth-order valence-electron chi connectivity index (χ4n) is 0.342. The van der Waals surface area contributed by atoms with E-state index in [1.54, 1.807) is 0 Å². The van der Waals surface area contributed by atoms with Crippen molar-refractivity contribution < 1.29 is 40.4 Å². The molecule has 0 radical (unpaired) electrons. The Kier molecular flexibility index (Phi) is 5.09. The Balaban J connectivity index is 0.000000360. The third kappa shape index (κ3) is 3.17. The quantitative estimate of drug-likeness (QED) is 0.589. The first kappa shape index (κ1) is 7.56. The Hall–Kier alpha value is 0.558. The molecule has 0 unspecified atom stereocenters. The monoisotopic (exact) mass is 229 g/mol. The molecule has 0 aliphatic heterocycles. The molecule has 0 saturated carbocycles. The summed E-state index contributed by atoms with van der Waals surface area (Å²) in [4.78, 5) is 0. The van der Waals surface area contributed by atoms with Crippen LogP contribution < -0.4 is 0 Å². The van der Waals surface area contributed by atoms with Crippen molar-refractivity contribution in [3.8, 4) is 0 Å². The van der Waals surface area contributed by atoms with Crippen LogP contribution in [0.2, 0.25) is 0 Å². The Morgan fingerprint density at radius 2 is 1.43 bits per heavy atom. The number of benzene rings is 1. The molecule has 0 saturated heterocycles. The van der Waals surface area contributed by atoms with Gasteiger partial charge in [0.15, 0.2) is 0 Å². The molecule has 0 heterocycles. The van der Waals surface area contributed by atoms with E-state index in [1.165, 1.54) is 0 Å². The number of rotatable bonds is 0. The van der Waals surface area contributed by atoms with E-state index in [4.69, 9.17) is 0 Å². The summed E-state index contributed by atoms with van der Waals surface area (Å²) >= 11 is 0. The molecule has 0 spiro atoms. The molecule has 0 aliphatic carbocycles. The van der Waals surface area contributed by atoms with Crippen LogP contribution in [0, 0.1) is 46.5 Å². The van der Waals surface area contributed by atoms with Gasteiger partial charge in [0, 0.05) is 40.4 Å². The third-order valence-corrected chi connectivity index (χ3v) is 0.607. The van der Waals surface area contributed by atoms with Gasteiger partial charge in [0.05, 0.1) is 0 Å². The van der Waals surface area contributed by atoms with Gasteiger partial charge in [-0.15, -0.1) is 0 Å². The van der Waals surface area contributed by atoms with Crippen LogP contribution >= 0.6 is 0 Å². The van der Waals surface area contributed by atoms with Gasteiger partial charge in [-0.05, 0) is 0 Å². The van der Waals surface area contributed by atoms with Gasteiger partial charge >= 0.3 is 0 Å². The van der Waals surface area contributed by atoms with E-state index in [0.29, 0.717) is 0 Å². The topological polar surface area (TPSA) is 0 Å². The van der Waals surface area contributed by atoms with E-state index in [1.807, 2.05) is 30.3 Å². The molecule has 36 valence electrons. The van der Waals surface area contributed by atoms with Crippen LogP contribution in [0.15, 0.2) is 30.3 Å². The van der Waals surface area contributed by atoms with Crippen LogP contribution in [0.25, 0.3) is 0 Å². The summed E-state index contributed by atoms with van der Waals surface area (Å²) in [7, 11) is 0. The largest absolute Gasteiger partial charge is 0.184 e. The molecular formula is C6H5Sm-. The molecule has 0 N–H and O–H groups in total. The van der Waals surface area contributed by atoms with Crippen molar-refractivity contribution >= 4 is 0 Å². The van der Waals surface area contributed by atoms with E-state index in [2.05, 4.69) is 6.07 Å². The van der Waals surface area contributed by atoms with Gasteiger partial charge in [-0.3, -0.25) is 0 Å². The molecule has 0 amide bonds. The van der Waals surface area contributed by atoms with Crippen molar-refractivity contribution in [3.05, 3.63) is 36.4 Å². The second kappa shape index (κ2) is 4.71. The van der Waals surface area contributed by atoms with Crippen molar-refractivity contribution in [2.75, 3.05) is 0 Å². The van der Waals surface area contributed by atoms with E-state index in [9.17, 15) is 0 Å². The van der Waals surface area contributed by atoms with E-state index >= 15 is 0 Å². The average molecular weight is 227 g/mol. The molecular weight excluding hydrogens is 222 g/mol. The molecule has 0 atom stereocenters. The third-order valence-electron chi connectivity index (χ3n) is 0.607. The maximum Gasteiger partial charge on any atom is 0 e. The second-order valence-electron chi connectivity index (χ2n) is 1.08. The van der Waals surface area contributed by atoms with Crippen molar-refractivity contribution in [3.63, 3.8) is 0 Å². The predicted octanol–water partition coefficient (Wildman–Crippen LogP) is 1.49. The van der Waals surface area contributed by atoms with Gasteiger partial charge in [0.25, 0.3) is 0 Å². The molecule has 1 aromatic carbocycles. The Bertz CT molecular complexity index is 76.1. The van der Waals surface area contributed by atoms with Crippen molar-refractivity contribution in [2.45, 2.75) is 0 Å². The van der Waals surface area contributed by atoms with Crippen LogP contribution in [-0.2, 0) is 0 Å². The minimum absolute atomic E-state index is 0. The zero-order valence-corrected chi connectivity index (χ0v) is 6.41. The van der Waals surface area contributed by atoms with Crippen LogP contribution in [0.1, 0.15) is 0 Å². The minimum Gasteiger partial charge on any atom is -0.184 e. The molecule has 0 aliphatic rings. The van der Waals surface area contributed by atoms with Crippen LogP contribution in [0.3, 0.4) is 0 Å². The maximum absolute atomic E-state index is 2.89. The minimum atomic E-state index is 0. The second-order valence-corrected chi connectivity index (χ2v) is 1.08. The van der Waals surface area contributed by atoms with Crippen LogP contribution in [-0.4, -0.2) is 0 Å². The average Bonchev–Trinajstić information content (AvgIpc) is 1.72. The Morgan fingerprint density at radius 3 is 1.57 bits per heavy atom. The Morgan fingerprint density at radius 1 is 0.857 bits per heavy atom. The zero-order chi connectivity index (χ0) is 4.24. The zero-order valence-electron chi connectivity index (χ0n) is 3.79. The first-order chi connectivity index (χ1) is 3.00. The van der Waals surface area contributed by atoms with Gasteiger partial charge in [-0.2, -0.15) is 36.4 Å². The van der Waals surface area contributed by atoms with Crippen molar-refractivity contribution in [1.82, 2.24) is 0 Å². The van der Waals surface area contributed by atoms with Gasteiger partial charge in [-0.25, -0.2) is 0 Å². The normalized spacial score (nSPS) is 6.86. The molecule has 0 fully saturated rings. The predicted molar refractivity (Wildman–Crippen MR) is 25.3 cm³/mol. The molecule has 1 aromatic rings. The first-order valence-electron chi connectivity index (χ1n) is 1.91. The maximum atomic E-state index is 2.89. The smallest absolute Gasteiger partial charge is 0 e. The molecule has 1 rings (SSSR count). The van der Waals surface area contributed by atoms with E-state index < -0.39 is 0 Å². The molecule has 7 heavy (non-hydrogen) atoms. The standard InChI is InChI=1S/C6H5.Sm/c1-2-4-6-5-3-1;/h1-5H;/q-1;. The van der Waals surface area contributed by atoms with Gasteiger partial charge < -0.3 is 0 Å². The fraction of sp³-hybridized carbons (Fsp3) is 0. The molecule has 0 bridgehead atoms. The molecule has 0 aromatic heterocycles. The fourth-order valence-corrected chi connectivity index (χ4v) is 0.342. The molecule has 1 heteroatoms. The van der Waals surface area contributed by atoms with Gasteiger partial charge in [0.1, 0.15) is 0 Å². The van der Waals surface area contributed by atoms with Crippen molar-refractivity contribution in [2.24, 2.45) is 0 Å². The summed E-state index contributed by atoms with van der Waals surface area (Å²) in [5.74, 6) is 0. The summed E-state index contributed by atoms with van der Waals surface area (Å²) in [6.45, 7) is 0. The summed E-state index contributed by atoms with van der Waals surface area (Å²) < 4.78 is 0. The molecule has 0 nitrogen and oxygen atoms in total. The Labute approximate surface area is 76.0 Å². The first-order valence-corrected chi connectivity index (χ1v) is 1.91. The summed E-state index contributed by atoms with van der Waals surface area (Å²) in [5.41, 5.74) is 0. The van der Waals surface area contributed by atoms with Gasteiger partial charge in [-0.1, -0.05) is 0 Å². The van der Waals surface area contributed by atoms with E-state index in [0.717, 1.165) is 0 Å². The summed E-state index contributed by atoms with van der Waals surface area (Å²) in [5, 5.41) is 0. The van der Waals surface area contributed by atoms with Gasteiger partial charge in [0.2, 0.25) is 0 Å². The van der Waals surface area contributed by atoms with Crippen LogP contribution in [0.4, 0.5) is 0 Å².